The number of hydrogen-bond donors (Lipinski definition) is 0. The molecule has 0 amide bonds. The molecule has 0 saturated carbocycles. The van der Waals surface area contributed by atoms with Crippen LogP contribution in [-0.2, 0) is 0 Å². The van der Waals surface area contributed by atoms with Gasteiger partial charge in [0.15, 0.2) is 0 Å². The highest BCUT2D eigenvalue weighted by molar-refractivity contribution is 6.30. The fourth-order valence-electron chi connectivity index (χ4n) is 11.5. The maximum Gasteiger partial charge on any atom is 0.235 e. The summed E-state index contributed by atoms with van der Waals surface area (Å²) >= 11 is 0. The average Bonchev–Trinajstić information content (AvgIpc) is 3.97. The van der Waals surface area contributed by atoms with Crippen LogP contribution in [0, 0.1) is 0 Å². The summed E-state index contributed by atoms with van der Waals surface area (Å²) in [5.41, 5.74) is 12.9. The average molecular weight is 889 g/mol. The number of rotatable bonds is 5. The van der Waals surface area contributed by atoms with Crippen LogP contribution in [0.25, 0.3) is 143 Å². The van der Waals surface area contributed by atoms with E-state index in [2.05, 4.69) is 252 Å². The van der Waals surface area contributed by atoms with Gasteiger partial charge in [0.25, 0.3) is 0 Å². The molecule has 12 aromatic carbocycles. The van der Waals surface area contributed by atoms with Gasteiger partial charge in [-0.25, -0.2) is 9.97 Å². The van der Waals surface area contributed by atoms with Crippen molar-refractivity contribution in [3.8, 4) is 45.1 Å². The van der Waals surface area contributed by atoms with E-state index in [4.69, 9.17) is 9.97 Å². The zero-order valence-corrected chi connectivity index (χ0v) is 37.9. The molecule has 0 aliphatic heterocycles. The molecule has 0 aliphatic rings. The smallest absolute Gasteiger partial charge is 0.235 e. The van der Waals surface area contributed by atoms with E-state index in [0.29, 0.717) is 5.95 Å². The largest absolute Gasteiger partial charge is 0.309 e. The molecule has 0 radical (unpaired) electrons. The maximum atomic E-state index is 5.67. The lowest BCUT2D eigenvalue weighted by Gasteiger charge is -2.15. The first-order valence-corrected chi connectivity index (χ1v) is 24.0. The van der Waals surface area contributed by atoms with Gasteiger partial charge in [-0.05, 0) is 126 Å². The molecule has 3 heterocycles. The summed E-state index contributed by atoms with van der Waals surface area (Å²) < 4.78 is 4.74. The van der Waals surface area contributed by atoms with Crippen LogP contribution in [0.15, 0.2) is 243 Å². The monoisotopic (exact) mass is 888 g/mol. The molecule has 0 bridgehead atoms. The Labute approximate surface area is 402 Å². The van der Waals surface area contributed by atoms with E-state index in [1.807, 2.05) is 0 Å². The summed E-state index contributed by atoms with van der Waals surface area (Å²) in [6.45, 7) is 0. The highest BCUT2D eigenvalue weighted by Gasteiger charge is 2.22. The van der Waals surface area contributed by atoms with Crippen LogP contribution >= 0.6 is 0 Å². The summed E-state index contributed by atoms with van der Waals surface area (Å²) in [6.07, 6.45) is 0. The van der Waals surface area contributed by atoms with Gasteiger partial charge in [0.05, 0.1) is 33.3 Å². The third-order valence-corrected chi connectivity index (χ3v) is 14.6. The number of nitrogens with zero attached hydrogens (tertiary/aromatic N) is 4. The van der Waals surface area contributed by atoms with Gasteiger partial charge in [0.2, 0.25) is 5.95 Å². The van der Waals surface area contributed by atoms with Crippen LogP contribution in [0.3, 0.4) is 0 Å². The van der Waals surface area contributed by atoms with Crippen LogP contribution < -0.4 is 0 Å². The summed E-state index contributed by atoms with van der Waals surface area (Å²) in [5, 5.41) is 15.8. The Bertz CT molecular complexity index is 4470. The van der Waals surface area contributed by atoms with Gasteiger partial charge < -0.3 is 4.57 Å². The number of para-hydroxylation sites is 1. The van der Waals surface area contributed by atoms with Gasteiger partial charge in [-0.2, -0.15) is 0 Å². The zero-order valence-electron chi connectivity index (χ0n) is 37.9. The summed E-state index contributed by atoms with van der Waals surface area (Å²) in [6, 6.07) is 88.2. The minimum absolute atomic E-state index is 0.638. The van der Waals surface area contributed by atoms with Gasteiger partial charge in [0.1, 0.15) is 0 Å². The molecule has 70 heavy (non-hydrogen) atoms. The first-order chi connectivity index (χ1) is 34.7. The predicted octanol–water partition coefficient (Wildman–Crippen LogP) is 17.4. The summed E-state index contributed by atoms with van der Waals surface area (Å²) in [4.78, 5) is 11.1. The third kappa shape index (κ3) is 5.77. The number of fused-ring (bicyclic) bond motifs is 15. The van der Waals surface area contributed by atoms with Crippen molar-refractivity contribution in [2.45, 2.75) is 0 Å². The van der Waals surface area contributed by atoms with Gasteiger partial charge >= 0.3 is 0 Å². The Hall–Kier alpha value is -9.38. The molecule has 0 atom stereocenters. The quantitative estimate of drug-likeness (QED) is 0.173. The molecule has 4 heteroatoms. The van der Waals surface area contributed by atoms with Gasteiger partial charge in [-0.15, -0.1) is 0 Å². The summed E-state index contributed by atoms with van der Waals surface area (Å²) in [5.74, 6) is 0.638. The second-order valence-electron chi connectivity index (χ2n) is 18.5. The first-order valence-electron chi connectivity index (χ1n) is 24.0. The normalized spacial score (nSPS) is 12.0. The van der Waals surface area contributed by atoms with Gasteiger partial charge in [-0.1, -0.05) is 182 Å². The van der Waals surface area contributed by atoms with Gasteiger partial charge in [0, 0.05) is 38.2 Å². The molecule has 3 aromatic heterocycles. The number of hydrogen-bond acceptors (Lipinski definition) is 2. The molecule has 0 fully saturated rings. The van der Waals surface area contributed by atoms with Crippen molar-refractivity contribution in [1.82, 2.24) is 19.1 Å². The van der Waals surface area contributed by atoms with Crippen molar-refractivity contribution in [3.05, 3.63) is 243 Å². The second kappa shape index (κ2) is 15.1. The number of aromatic nitrogens is 4. The second-order valence-corrected chi connectivity index (χ2v) is 18.5. The van der Waals surface area contributed by atoms with E-state index >= 15 is 0 Å². The highest BCUT2D eigenvalue weighted by Crippen LogP contribution is 2.44. The van der Waals surface area contributed by atoms with Crippen LogP contribution in [0.1, 0.15) is 0 Å². The van der Waals surface area contributed by atoms with Crippen LogP contribution in [0.2, 0.25) is 0 Å². The number of benzene rings is 12. The molecule has 0 saturated heterocycles. The molecule has 324 valence electrons. The van der Waals surface area contributed by atoms with E-state index in [9.17, 15) is 0 Å². The van der Waals surface area contributed by atoms with E-state index in [-0.39, 0.29) is 0 Å². The van der Waals surface area contributed by atoms with Crippen LogP contribution in [0.5, 0.6) is 0 Å². The maximum absolute atomic E-state index is 5.67. The minimum atomic E-state index is 0.638. The molecule has 0 spiro atoms. The highest BCUT2D eigenvalue weighted by atomic mass is 15.2. The van der Waals surface area contributed by atoms with Gasteiger partial charge in [-0.3, -0.25) is 4.57 Å². The molecule has 0 N–H and O–H groups in total. The standard InChI is InChI=1S/C66H40N4/c1-2-15-41(16-3-1)47-37-48(46-21-14-22-50(40-46)69-57-33-29-42-17-4-8-23-51(42)61(57)62-52-24-9-5-18-43(52)30-34-58(62)69)39-49(38-47)65-55-27-12-13-28-56(55)67-66(68-65)70-59-35-31-44-19-6-10-25-53(44)63(59)64-54-26-11-7-20-45(54)32-36-60(64)70/h1-40H. The Kier molecular flexibility index (Phi) is 8.33. The minimum Gasteiger partial charge on any atom is -0.309 e. The molecular weight excluding hydrogens is 849 g/mol. The molecule has 15 aromatic rings. The van der Waals surface area contributed by atoms with Crippen LogP contribution in [0.4, 0.5) is 0 Å². The van der Waals surface area contributed by atoms with E-state index in [0.717, 1.165) is 61.1 Å². The molecular formula is C66H40N4. The topological polar surface area (TPSA) is 35.6 Å². The molecule has 4 nitrogen and oxygen atoms in total. The molecule has 0 aliphatic carbocycles. The van der Waals surface area contributed by atoms with Crippen molar-refractivity contribution in [2.24, 2.45) is 0 Å². The summed E-state index contributed by atoms with van der Waals surface area (Å²) in [7, 11) is 0. The van der Waals surface area contributed by atoms with Crippen molar-refractivity contribution in [3.63, 3.8) is 0 Å². The molecule has 0 unspecified atom stereocenters. The Morgan fingerprint density at radius 3 is 1.20 bits per heavy atom. The van der Waals surface area contributed by atoms with Crippen molar-refractivity contribution >= 4 is 97.6 Å². The zero-order chi connectivity index (χ0) is 45.9. The van der Waals surface area contributed by atoms with E-state index < -0.39 is 0 Å². The Morgan fingerprint density at radius 2 is 0.671 bits per heavy atom. The Balaban J connectivity index is 0.976. The molecule has 15 rings (SSSR count). The van der Waals surface area contributed by atoms with Crippen molar-refractivity contribution in [2.75, 3.05) is 0 Å². The predicted molar refractivity (Wildman–Crippen MR) is 295 cm³/mol. The Morgan fingerprint density at radius 1 is 0.257 bits per heavy atom. The van der Waals surface area contributed by atoms with Crippen LogP contribution in [-0.4, -0.2) is 19.1 Å². The lowest BCUT2D eigenvalue weighted by atomic mass is 9.94. The lowest BCUT2D eigenvalue weighted by Crippen LogP contribution is -2.03. The third-order valence-electron chi connectivity index (χ3n) is 14.6. The SMILES string of the molecule is c1ccc(-c2cc(-c3cccc(-n4c5ccc6ccccc6c5c5c6ccccc6ccc54)c3)cc(-c3nc(-n4c5ccc6ccccc6c5c5c6ccccc6ccc54)nc4ccccc34)c2)cc1. The first kappa shape index (κ1) is 38.7. The fourth-order valence-corrected chi connectivity index (χ4v) is 11.5. The lowest BCUT2D eigenvalue weighted by molar-refractivity contribution is 1.01. The van der Waals surface area contributed by atoms with Crippen molar-refractivity contribution in [1.29, 1.82) is 0 Å². The van der Waals surface area contributed by atoms with E-state index in [1.54, 1.807) is 0 Å². The van der Waals surface area contributed by atoms with E-state index in [1.165, 1.54) is 75.7 Å². The fraction of sp³-hybridized carbons (Fsp3) is 0. The van der Waals surface area contributed by atoms with Crippen molar-refractivity contribution < 1.29 is 0 Å².